The Hall–Kier alpha value is -0.560. The van der Waals surface area contributed by atoms with Crippen LogP contribution in [0.2, 0.25) is 0 Å². The molecule has 0 radical (unpaired) electrons. The third kappa shape index (κ3) is 7.36. The van der Waals surface area contributed by atoms with E-state index in [1.807, 2.05) is 26.1 Å². The summed E-state index contributed by atoms with van der Waals surface area (Å²) in [5.74, 6) is 1.69. The number of halogens is 1. The van der Waals surface area contributed by atoms with E-state index in [1.165, 1.54) is 0 Å². The van der Waals surface area contributed by atoms with Crippen molar-refractivity contribution < 1.29 is 8.42 Å². The molecule has 7 nitrogen and oxygen atoms in total. The van der Waals surface area contributed by atoms with Crippen LogP contribution in [-0.2, 0) is 16.6 Å². The van der Waals surface area contributed by atoms with Gasteiger partial charge in [0.2, 0.25) is 10.0 Å². The Labute approximate surface area is 190 Å². The van der Waals surface area contributed by atoms with E-state index in [1.54, 1.807) is 28.2 Å². The number of aliphatic imine (C=N–C) groups is 1. The minimum absolute atomic E-state index is 0. The molecule has 0 amide bonds. The topological polar surface area (TPSA) is 77.0 Å². The molecule has 1 aliphatic heterocycles. The van der Waals surface area contributed by atoms with Gasteiger partial charge in [-0.1, -0.05) is 18.2 Å². The standard InChI is InChI=1S/C18H31N5O2S2.HI/c1-4-19-18(20-9-14-26-3)21-15-16-7-5-6-8-17(16)27(24,25)23-12-10-22(2)11-13-23;/h5-8H,4,9-15H2,1-3H3,(H2,19,20,21);1H. The van der Waals surface area contributed by atoms with Crippen molar-refractivity contribution in [3.05, 3.63) is 29.8 Å². The molecule has 160 valence electrons. The maximum atomic E-state index is 13.1. The van der Waals surface area contributed by atoms with Gasteiger partial charge in [-0.2, -0.15) is 16.1 Å². The van der Waals surface area contributed by atoms with Crippen molar-refractivity contribution in [2.45, 2.75) is 18.4 Å². The molecular formula is C18H32IN5O2S2. The maximum absolute atomic E-state index is 13.1. The van der Waals surface area contributed by atoms with Gasteiger partial charge < -0.3 is 15.5 Å². The number of thioether (sulfide) groups is 1. The molecule has 1 aliphatic rings. The molecule has 1 aromatic rings. The molecule has 10 heteroatoms. The quantitative estimate of drug-likeness (QED) is 0.226. The lowest BCUT2D eigenvalue weighted by Gasteiger charge is -2.32. The summed E-state index contributed by atoms with van der Waals surface area (Å²) in [7, 11) is -1.49. The van der Waals surface area contributed by atoms with E-state index in [0.29, 0.717) is 30.5 Å². The highest BCUT2D eigenvalue weighted by molar-refractivity contribution is 14.0. The zero-order valence-electron chi connectivity index (χ0n) is 16.8. The summed E-state index contributed by atoms with van der Waals surface area (Å²) in [6.45, 7) is 6.45. The van der Waals surface area contributed by atoms with Gasteiger partial charge in [0.15, 0.2) is 5.96 Å². The van der Waals surface area contributed by atoms with Gasteiger partial charge in [0, 0.05) is 45.0 Å². The molecule has 0 saturated carbocycles. The number of benzene rings is 1. The molecule has 28 heavy (non-hydrogen) atoms. The molecule has 1 fully saturated rings. The lowest BCUT2D eigenvalue weighted by Crippen LogP contribution is -2.47. The van der Waals surface area contributed by atoms with E-state index in [4.69, 9.17) is 0 Å². The Balaban J connectivity index is 0.00000392. The fraction of sp³-hybridized carbons (Fsp3) is 0.611. The summed E-state index contributed by atoms with van der Waals surface area (Å²) in [6.07, 6.45) is 2.06. The van der Waals surface area contributed by atoms with E-state index >= 15 is 0 Å². The van der Waals surface area contributed by atoms with Crippen molar-refractivity contribution in [1.82, 2.24) is 19.8 Å². The molecule has 0 unspecified atom stereocenters. The van der Waals surface area contributed by atoms with Crippen molar-refractivity contribution in [1.29, 1.82) is 0 Å². The summed E-state index contributed by atoms with van der Waals surface area (Å²) in [5, 5.41) is 6.47. The van der Waals surface area contributed by atoms with Gasteiger partial charge in [-0.25, -0.2) is 13.4 Å². The van der Waals surface area contributed by atoms with Gasteiger partial charge in [0.1, 0.15) is 0 Å². The number of hydrogen-bond donors (Lipinski definition) is 2. The molecule has 1 saturated heterocycles. The third-order valence-electron chi connectivity index (χ3n) is 4.40. The van der Waals surface area contributed by atoms with Gasteiger partial charge >= 0.3 is 0 Å². The summed E-state index contributed by atoms with van der Waals surface area (Å²) in [6, 6.07) is 7.17. The first kappa shape index (κ1) is 25.5. The number of nitrogens with zero attached hydrogens (tertiary/aromatic N) is 3. The maximum Gasteiger partial charge on any atom is 0.243 e. The molecule has 2 rings (SSSR count). The summed E-state index contributed by atoms with van der Waals surface area (Å²) >= 11 is 1.76. The monoisotopic (exact) mass is 541 g/mol. The molecule has 0 atom stereocenters. The number of sulfonamides is 1. The predicted molar refractivity (Wildman–Crippen MR) is 129 cm³/mol. The average Bonchev–Trinajstić information content (AvgIpc) is 2.67. The van der Waals surface area contributed by atoms with Crippen LogP contribution in [0.4, 0.5) is 0 Å². The summed E-state index contributed by atoms with van der Waals surface area (Å²) in [5.41, 5.74) is 0.721. The highest BCUT2D eigenvalue weighted by Crippen LogP contribution is 2.22. The first-order valence-electron chi connectivity index (χ1n) is 9.26. The van der Waals surface area contributed by atoms with Crippen molar-refractivity contribution in [2.75, 3.05) is 58.3 Å². The minimum Gasteiger partial charge on any atom is -0.357 e. The van der Waals surface area contributed by atoms with Gasteiger partial charge in [0.05, 0.1) is 11.4 Å². The largest absolute Gasteiger partial charge is 0.357 e. The van der Waals surface area contributed by atoms with Gasteiger partial charge in [0.25, 0.3) is 0 Å². The van der Waals surface area contributed by atoms with Crippen LogP contribution in [0.3, 0.4) is 0 Å². The molecule has 0 aromatic heterocycles. The van der Waals surface area contributed by atoms with Crippen LogP contribution < -0.4 is 10.6 Å². The van der Waals surface area contributed by atoms with E-state index in [9.17, 15) is 8.42 Å². The van der Waals surface area contributed by atoms with E-state index < -0.39 is 10.0 Å². The molecule has 1 heterocycles. The van der Waals surface area contributed by atoms with Crippen LogP contribution in [0.1, 0.15) is 12.5 Å². The average molecular weight is 542 g/mol. The molecule has 1 aromatic carbocycles. The second-order valence-electron chi connectivity index (χ2n) is 6.43. The number of rotatable bonds is 8. The Morgan fingerprint density at radius 1 is 1.18 bits per heavy atom. The number of piperazine rings is 1. The fourth-order valence-electron chi connectivity index (χ4n) is 2.83. The second-order valence-corrected chi connectivity index (χ2v) is 9.32. The third-order valence-corrected chi connectivity index (χ3v) is 7.01. The highest BCUT2D eigenvalue weighted by atomic mass is 127. The number of nitrogens with one attached hydrogen (secondary N) is 2. The fourth-order valence-corrected chi connectivity index (χ4v) is 4.77. The first-order chi connectivity index (χ1) is 13.0. The predicted octanol–water partition coefficient (Wildman–Crippen LogP) is 1.66. The van der Waals surface area contributed by atoms with Gasteiger partial charge in [-0.15, -0.1) is 24.0 Å². The van der Waals surface area contributed by atoms with Crippen LogP contribution in [-0.4, -0.2) is 81.9 Å². The lowest BCUT2D eigenvalue weighted by molar-refractivity contribution is 0.222. The summed E-state index contributed by atoms with van der Waals surface area (Å²) < 4.78 is 27.8. The van der Waals surface area contributed by atoms with Crippen LogP contribution in [0.15, 0.2) is 34.2 Å². The van der Waals surface area contributed by atoms with Crippen LogP contribution in [0.5, 0.6) is 0 Å². The van der Waals surface area contributed by atoms with Crippen molar-refractivity contribution in [2.24, 2.45) is 4.99 Å². The Morgan fingerprint density at radius 3 is 2.50 bits per heavy atom. The van der Waals surface area contributed by atoms with Crippen molar-refractivity contribution in [3.8, 4) is 0 Å². The highest BCUT2D eigenvalue weighted by Gasteiger charge is 2.29. The van der Waals surface area contributed by atoms with E-state index in [2.05, 4.69) is 26.8 Å². The van der Waals surface area contributed by atoms with Gasteiger partial charge in [-0.3, -0.25) is 0 Å². The Morgan fingerprint density at radius 2 is 1.86 bits per heavy atom. The van der Waals surface area contributed by atoms with Crippen molar-refractivity contribution >= 4 is 51.7 Å². The number of likely N-dealkylation sites (N-methyl/N-ethyl adjacent to an activating group) is 1. The second kappa shape index (κ2) is 12.9. The molecule has 2 N–H and O–H groups in total. The van der Waals surface area contributed by atoms with E-state index in [0.717, 1.165) is 37.5 Å². The van der Waals surface area contributed by atoms with Gasteiger partial charge in [-0.05, 0) is 31.9 Å². The minimum atomic E-state index is -3.50. The lowest BCUT2D eigenvalue weighted by atomic mass is 10.2. The first-order valence-corrected chi connectivity index (χ1v) is 12.1. The normalized spacial score (nSPS) is 16.5. The Kier molecular flexibility index (Phi) is 11.7. The van der Waals surface area contributed by atoms with Crippen molar-refractivity contribution in [3.63, 3.8) is 0 Å². The van der Waals surface area contributed by atoms with Crippen LogP contribution >= 0.6 is 35.7 Å². The summed E-state index contributed by atoms with van der Waals surface area (Å²) in [4.78, 5) is 7.08. The zero-order valence-corrected chi connectivity index (χ0v) is 20.8. The molecule has 0 bridgehead atoms. The number of guanidine groups is 1. The SMILES string of the molecule is CCNC(=NCc1ccccc1S(=O)(=O)N1CCN(C)CC1)NCCSC.I. The molecule has 0 spiro atoms. The Bertz CT molecular complexity index is 722. The molecular weight excluding hydrogens is 509 g/mol. The zero-order chi connectivity index (χ0) is 19.7. The smallest absolute Gasteiger partial charge is 0.243 e. The molecule has 0 aliphatic carbocycles. The van der Waals surface area contributed by atoms with Crippen LogP contribution in [0, 0.1) is 0 Å². The van der Waals surface area contributed by atoms with E-state index in [-0.39, 0.29) is 24.0 Å². The van der Waals surface area contributed by atoms with Crippen LogP contribution in [0.25, 0.3) is 0 Å². The number of hydrogen-bond acceptors (Lipinski definition) is 5.